The molecule has 1 aliphatic rings. The average molecular weight is 341 g/mol. The van der Waals surface area contributed by atoms with Gasteiger partial charge in [-0.15, -0.1) is 0 Å². The number of carbonyl (C=O) groups excluding carboxylic acids is 2. The Hall–Kier alpha value is -0.530. The zero-order valence-corrected chi connectivity index (χ0v) is 11.7. The monoisotopic (exact) mass is 341 g/mol. The van der Waals surface area contributed by atoms with Crippen molar-refractivity contribution >= 4 is 34.7 Å². The first-order valence-electron chi connectivity index (χ1n) is 5.08. The molecule has 1 N–H and O–H groups in total. The largest absolute Gasteiger partial charge is 0.460 e. The highest BCUT2D eigenvalue weighted by molar-refractivity contribution is 14.1. The summed E-state index contributed by atoms with van der Waals surface area (Å²) in [6, 6.07) is -0.574. The molecule has 0 unspecified atom stereocenters. The number of hydrogen-bond acceptors (Lipinski definition) is 4. The summed E-state index contributed by atoms with van der Waals surface area (Å²) in [5, 5.41) is 2.51. The van der Waals surface area contributed by atoms with E-state index in [1.165, 1.54) is 0 Å². The second-order valence-electron chi connectivity index (χ2n) is 4.65. The van der Waals surface area contributed by atoms with Gasteiger partial charge in [0.1, 0.15) is 17.7 Å². The Morgan fingerprint density at radius 2 is 2.25 bits per heavy atom. The van der Waals surface area contributed by atoms with Crippen molar-refractivity contribution in [1.82, 2.24) is 5.32 Å². The summed E-state index contributed by atoms with van der Waals surface area (Å²) in [5.74, 6) is -0.382. The number of cyclic esters (lactones) is 1. The third-order valence-corrected chi connectivity index (χ3v) is 2.91. The summed E-state index contributed by atoms with van der Waals surface area (Å²) < 4.78 is 10.8. The molecule has 1 saturated heterocycles. The van der Waals surface area contributed by atoms with Crippen LogP contribution in [0.3, 0.4) is 0 Å². The van der Waals surface area contributed by atoms with Crippen LogP contribution in [-0.4, -0.2) is 34.2 Å². The van der Waals surface area contributed by atoms with Crippen LogP contribution in [0.1, 0.15) is 27.2 Å². The van der Waals surface area contributed by atoms with Gasteiger partial charge in [-0.25, -0.2) is 9.59 Å². The number of carbonyl (C=O) groups is 2. The van der Waals surface area contributed by atoms with Crippen molar-refractivity contribution in [1.29, 1.82) is 0 Å². The Bertz CT molecular complexity index is 287. The molecule has 1 fully saturated rings. The van der Waals surface area contributed by atoms with Crippen LogP contribution in [-0.2, 0) is 14.3 Å². The van der Waals surface area contributed by atoms with Gasteiger partial charge in [0, 0.05) is 10.8 Å². The lowest BCUT2D eigenvalue weighted by Crippen LogP contribution is -2.41. The molecule has 2 atom stereocenters. The van der Waals surface area contributed by atoms with E-state index >= 15 is 0 Å². The summed E-state index contributed by atoms with van der Waals surface area (Å²) in [5.41, 5.74) is -0.560. The fourth-order valence-corrected chi connectivity index (χ4v) is 1.86. The second-order valence-corrected chi connectivity index (χ2v) is 5.53. The summed E-state index contributed by atoms with van der Waals surface area (Å²) in [6.07, 6.45) is -0.169. The molecule has 6 heteroatoms. The van der Waals surface area contributed by atoms with E-state index in [0.717, 1.165) is 4.43 Å². The SMILES string of the molecule is CC(C)(C)OC(=O)N[C@@H]1C[C@@H](CI)OC1=O. The average Bonchev–Trinajstić information content (AvgIpc) is 2.44. The molecule has 92 valence electrons. The summed E-state index contributed by atoms with van der Waals surface area (Å²) in [7, 11) is 0. The Kier molecular flexibility index (Phi) is 4.40. The Morgan fingerprint density at radius 3 is 2.69 bits per heavy atom. The van der Waals surface area contributed by atoms with Gasteiger partial charge in [-0.05, 0) is 20.8 Å². The van der Waals surface area contributed by atoms with Gasteiger partial charge >= 0.3 is 12.1 Å². The van der Waals surface area contributed by atoms with E-state index in [9.17, 15) is 9.59 Å². The molecule has 1 aliphatic heterocycles. The number of alkyl halides is 1. The van der Waals surface area contributed by atoms with Crippen LogP contribution in [0.2, 0.25) is 0 Å². The standard InChI is InChI=1S/C10H16INO4/c1-10(2,3)16-9(14)12-7-4-6(5-11)15-8(7)13/h6-7H,4-5H2,1-3H3,(H,12,14)/t6-,7+/m0/s1. The molecular formula is C10H16INO4. The molecule has 1 rings (SSSR count). The molecule has 0 aromatic heterocycles. The predicted octanol–water partition coefficient (Wildman–Crippen LogP) is 1.63. The molecule has 5 nitrogen and oxygen atoms in total. The zero-order chi connectivity index (χ0) is 12.3. The molecular weight excluding hydrogens is 325 g/mol. The minimum atomic E-state index is -0.580. The van der Waals surface area contributed by atoms with Crippen molar-refractivity contribution in [2.24, 2.45) is 0 Å². The molecule has 0 saturated carbocycles. The normalized spacial score (nSPS) is 25.1. The lowest BCUT2D eigenvalue weighted by Gasteiger charge is -2.20. The van der Waals surface area contributed by atoms with Gasteiger partial charge in [-0.3, -0.25) is 0 Å². The minimum absolute atomic E-state index is 0.104. The molecule has 1 heterocycles. The van der Waals surface area contributed by atoms with Gasteiger partial charge in [-0.2, -0.15) is 0 Å². The highest BCUT2D eigenvalue weighted by Crippen LogP contribution is 2.17. The Balaban J connectivity index is 2.43. The third-order valence-electron chi connectivity index (χ3n) is 1.93. The number of alkyl carbamates (subject to hydrolysis) is 1. The minimum Gasteiger partial charge on any atom is -0.460 e. The molecule has 0 spiro atoms. The number of amides is 1. The maximum absolute atomic E-state index is 11.4. The van der Waals surface area contributed by atoms with Gasteiger partial charge in [0.2, 0.25) is 0 Å². The van der Waals surface area contributed by atoms with Crippen LogP contribution < -0.4 is 5.32 Å². The maximum Gasteiger partial charge on any atom is 0.408 e. The van der Waals surface area contributed by atoms with Crippen molar-refractivity contribution < 1.29 is 19.1 Å². The third kappa shape index (κ3) is 4.15. The van der Waals surface area contributed by atoms with Gasteiger partial charge in [0.05, 0.1) is 0 Å². The van der Waals surface area contributed by atoms with Crippen molar-refractivity contribution in [3.05, 3.63) is 0 Å². The molecule has 0 bridgehead atoms. The van der Waals surface area contributed by atoms with Crippen molar-refractivity contribution in [3.63, 3.8) is 0 Å². The predicted molar refractivity (Wildman–Crippen MR) is 66.5 cm³/mol. The van der Waals surface area contributed by atoms with E-state index in [1.807, 2.05) is 0 Å². The first kappa shape index (κ1) is 13.5. The van der Waals surface area contributed by atoms with E-state index < -0.39 is 17.7 Å². The van der Waals surface area contributed by atoms with Crippen LogP contribution >= 0.6 is 22.6 Å². The highest BCUT2D eigenvalue weighted by atomic mass is 127. The van der Waals surface area contributed by atoms with Crippen LogP contribution in [0, 0.1) is 0 Å². The summed E-state index contributed by atoms with van der Waals surface area (Å²) >= 11 is 2.14. The number of ether oxygens (including phenoxy) is 2. The van der Waals surface area contributed by atoms with Crippen molar-refractivity contribution in [3.8, 4) is 0 Å². The summed E-state index contributed by atoms with van der Waals surface area (Å²) in [4.78, 5) is 22.8. The lowest BCUT2D eigenvalue weighted by atomic mass is 10.2. The van der Waals surface area contributed by atoms with Crippen molar-refractivity contribution in [2.45, 2.75) is 44.9 Å². The molecule has 0 radical (unpaired) electrons. The molecule has 1 amide bonds. The summed E-state index contributed by atoms with van der Waals surface area (Å²) in [6.45, 7) is 5.31. The highest BCUT2D eigenvalue weighted by Gasteiger charge is 2.35. The van der Waals surface area contributed by atoms with Gasteiger partial charge in [0.15, 0.2) is 0 Å². The van der Waals surface area contributed by atoms with E-state index in [0.29, 0.717) is 6.42 Å². The molecule has 0 aromatic rings. The second kappa shape index (κ2) is 5.20. The topological polar surface area (TPSA) is 64.6 Å². The van der Waals surface area contributed by atoms with Gasteiger partial charge in [-0.1, -0.05) is 22.6 Å². The maximum atomic E-state index is 11.4. The van der Waals surface area contributed by atoms with Crippen LogP contribution in [0.5, 0.6) is 0 Å². The molecule has 16 heavy (non-hydrogen) atoms. The van der Waals surface area contributed by atoms with Gasteiger partial charge < -0.3 is 14.8 Å². The van der Waals surface area contributed by atoms with Crippen molar-refractivity contribution in [2.75, 3.05) is 4.43 Å². The number of hydrogen-bond donors (Lipinski definition) is 1. The van der Waals surface area contributed by atoms with Crippen LogP contribution in [0.15, 0.2) is 0 Å². The zero-order valence-electron chi connectivity index (χ0n) is 9.58. The van der Waals surface area contributed by atoms with E-state index in [1.54, 1.807) is 20.8 Å². The fraction of sp³-hybridized carbons (Fsp3) is 0.800. The fourth-order valence-electron chi connectivity index (χ4n) is 1.32. The number of nitrogens with one attached hydrogen (secondary N) is 1. The van der Waals surface area contributed by atoms with Gasteiger partial charge in [0.25, 0.3) is 0 Å². The molecule has 0 aliphatic carbocycles. The Morgan fingerprint density at radius 1 is 1.62 bits per heavy atom. The number of esters is 1. The first-order valence-corrected chi connectivity index (χ1v) is 6.60. The molecule has 0 aromatic carbocycles. The number of rotatable bonds is 2. The smallest absolute Gasteiger partial charge is 0.408 e. The van der Waals surface area contributed by atoms with E-state index in [-0.39, 0.29) is 12.1 Å². The Labute approximate surface area is 108 Å². The first-order chi connectivity index (χ1) is 7.31. The quantitative estimate of drug-likeness (QED) is 0.471. The van der Waals surface area contributed by atoms with E-state index in [4.69, 9.17) is 9.47 Å². The van der Waals surface area contributed by atoms with Crippen LogP contribution in [0.4, 0.5) is 4.79 Å². The van der Waals surface area contributed by atoms with Crippen LogP contribution in [0.25, 0.3) is 0 Å². The lowest BCUT2D eigenvalue weighted by molar-refractivity contribution is -0.142. The number of halogens is 1. The van der Waals surface area contributed by atoms with E-state index in [2.05, 4.69) is 27.9 Å².